The van der Waals surface area contributed by atoms with Gasteiger partial charge in [0, 0.05) is 12.5 Å². The second-order valence-electron chi connectivity index (χ2n) is 6.96. The molecule has 2 aliphatic rings. The first-order valence-corrected chi connectivity index (χ1v) is 8.51. The van der Waals surface area contributed by atoms with Gasteiger partial charge in [0.1, 0.15) is 0 Å². The predicted octanol–water partition coefficient (Wildman–Crippen LogP) is 3.05. The van der Waals surface area contributed by atoms with Gasteiger partial charge in [0.15, 0.2) is 6.61 Å². The third kappa shape index (κ3) is 5.01. The van der Waals surface area contributed by atoms with E-state index in [0.29, 0.717) is 24.2 Å². The molecule has 0 saturated heterocycles. The van der Waals surface area contributed by atoms with Crippen molar-refractivity contribution in [2.45, 2.75) is 71.3 Å². The van der Waals surface area contributed by atoms with Gasteiger partial charge in [-0.05, 0) is 37.0 Å². The average Bonchev–Trinajstić information content (AvgIpc) is 2.94. The molecule has 2 fully saturated rings. The van der Waals surface area contributed by atoms with Gasteiger partial charge < -0.3 is 10.1 Å². The summed E-state index contributed by atoms with van der Waals surface area (Å²) in [5.74, 6) is 1.24. The van der Waals surface area contributed by atoms with Crippen molar-refractivity contribution in [2.75, 3.05) is 6.61 Å². The Labute approximate surface area is 128 Å². The third-order valence-corrected chi connectivity index (χ3v) is 5.35. The first kappa shape index (κ1) is 16.3. The lowest BCUT2D eigenvalue weighted by Gasteiger charge is -2.34. The molecule has 120 valence electrons. The predicted molar refractivity (Wildman–Crippen MR) is 81.6 cm³/mol. The molecule has 0 aromatic heterocycles. The molecule has 4 nitrogen and oxygen atoms in total. The van der Waals surface area contributed by atoms with Gasteiger partial charge in [-0.1, -0.05) is 39.5 Å². The average molecular weight is 295 g/mol. The monoisotopic (exact) mass is 295 g/mol. The van der Waals surface area contributed by atoms with Crippen molar-refractivity contribution >= 4 is 11.9 Å². The number of carbonyl (C=O) groups excluding carboxylic acids is 2. The second kappa shape index (κ2) is 7.81. The smallest absolute Gasteiger partial charge is 0.306 e. The Bertz CT molecular complexity index is 363. The maximum absolute atomic E-state index is 11.9. The van der Waals surface area contributed by atoms with Crippen LogP contribution in [0.4, 0.5) is 0 Å². The van der Waals surface area contributed by atoms with Crippen LogP contribution in [0.25, 0.3) is 0 Å². The van der Waals surface area contributed by atoms with Crippen molar-refractivity contribution in [1.29, 1.82) is 0 Å². The molecule has 1 N–H and O–H groups in total. The molecule has 0 spiro atoms. The molecule has 4 heteroatoms. The van der Waals surface area contributed by atoms with Crippen LogP contribution in [0.15, 0.2) is 0 Å². The highest BCUT2D eigenvalue weighted by Gasteiger charge is 2.28. The highest BCUT2D eigenvalue weighted by molar-refractivity contribution is 5.80. The molecule has 0 heterocycles. The van der Waals surface area contributed by atoms with E-state index < -0.39 is 0 Å². The van der Waals surface area contributed by atoms with Gasteiger partial charge in [0.25, 0.3) is 5.91 Å². The Morgan fingerprint density at radius 2 is 1.76 bits per heavy atom. The van der Waals surface area contributed by atoms with Crippen molar-refractivity contribution in [3.05, 3.63) is 0 Å². The Hall–Kier alpha value is -1.06. The highest BCUT2D eigenvalue weighted by Crippen LogP contribution is 2.29. The summed E-state index contributed by atoms with van der Waals surface area (Å²) in [6.45, 7) is 4.31. The molecule has 0 unspecified atom stereocenters. The summed E-state index contributed by atoms with van der Waals surface area (Å²) in [7, 11) is 0. The highest BCUT2D eigenvalue weighted by atomic mass is 16.5. The van der Waals surface area contributed by atoms with E-state index in [1.165, 1.54) is 19.3 Å². The van der Waals surface area contributed by atoms with Crippen LogP contribution in [0, 0.1) is 17.8 Å². The van der Waals surface area contributed by atoms with Gasteiger partial charge in [-0.15, -0.1) is 0 Å². The van der Waals surface area contributed by atoms with Crippen molar-refractivity contribution in [3.8, 4) is 0 Å². The van der Waals surface area contributed by atoms with Crippen molar-refractivity contribution in [2.24, 2.45) is 17.8 Å². The summed E-state index contributed by atoms with van der Waals surface area (Å²) in [4.78, 5) is 23.6. The van der Waals surface area contributed by atoms with E-state index in [2.05, 4.69) is 19.2 Å². The van der Waals surface area contributed by atoms with Gasteiger partial charge in [-0.25, -0.2) is 0 Å². The van der Waals surface area contributed by atoms with Gasteiger partial charge >= 0.3 is 5.97 Å². The number of ether oxygens (including phenoxy) is 1. The largest absolute Gasteiger partial charge is 0.456 e. The summed E-state index contributed by atoms with van der Waals surface area (Å²) < 4.78 is 5.12. The number of esters is 1. The summed E-state index contributed by atoms with van der Waals surface area (Å²) in [6.07, 6.45) is 8.60. The van der Waals surface area contributed by atoms with Crippen molar-refractivity contribution < 1.29 is 14.3 Å². The number of amides is 1. The number of rotatable bonds is 5. The molecule has 2 rings (SSSR count). The Kier molecular flexibility index (Phi) is 6.07. The molecule has 2 saturated carbocycles. The van der Waals surface area contributed by atoms with Crippen LogP contribution >= 0.6 is 0 Å². The summed E-state index contributed by atoms with van der Waals surface area (Å²) in [6, 6.07) is 0.231. The van der Waals surface area contributed by atoms with Crippen LogP contribution in [0.2, 0.25) is 0 Å². The third-order valence-electron chi connectivity index (χ3n) is 5.35. The van der Waals surface area contributed by atoms with Gasteiger partial charge in [-0.2, -0.15) is 0 Å². The van der Waals surface area contributed by atoms with E-state index in [9.17, 15) is 9.59 Å². The molecule has 0 radical (unpaired) electrons. The van der Waals surface area contributed by atoms with Gasteiger partial charge in [-0.3, -0.25) is 9.59 Å². The number of nitrogens with one attached hydrogen (secondary N) is 1. The zero-order chi connectivity index (χ0) is 15.2. The SMILES string of the molecule is C[C@H]1[C@H](C)CCC[C@H]1NC(=O)COC(=O)CC1CCCC1. The molecular weight excluding hydrogens is 266 g/mol. The van der Waals surface area contributed by atoms with E-state index in [1.807, 2.05) is 0 Å². The van der Waals surface area contributed by atoms with E-state index in [4.69, 9.17) is 4.74 Å². The van der Waals surface area contributed by atoms with Crippen LogP contribution in [0.5, 0.6) is 0 Å². The van der Waals surface area contributed by atoms with Gasteiger partial charge in [0.05, 0.1) is 0 Å². The first-order valence-electron chi connectivity index (χ1n) is 8.51. The lowest BCUT2D eigenvalue weighted by molar-refractivity contribution is -0.149. The summed E-state index contributed by atoms with van der Waals surface area (Å²) in [5, 5.41) is 3.03. The Balaban J connectivity index is 1.65. The second-order valence-corrected chi connectivity index (χ2v) is 6.96. The quantitative estimate of drug-likeness (QED) is 0.793. The summed E-state index contributed by atoms with van der Waals surface area (Å²) >= 11 is 0. The molecule has 0 aromatic carbocycles. The minimum Gasteiger partial charge on any atom is -0.456 e. The molecule has 3 atom stereocenters. The molecule has 0 bridgehead atoms. The Morgan fingerprint density at radius 3 is 2.48 bits per heavy atom. The maximum atomic E-state index is 11.9. The zero-order valence-corrected chi connectivity index (χ0v) is 13.4. The van der Waals surface area contributed by atoms with Crippen LogP contribution in [0.1, 0.15) is 65.2 Å². The van der Waals surface area contributed by atoms with E-state index in [1.54, 1.807) is 0 Å². The molecule has 0 aliphatic heterocycles. The number of carbonyl (C=O) groups is 2. The minimum absolute atomic E-state index is 0.122. The first-order chi connectivity index (χ1) is 10.1. The lowest BCUT2D eigenvalue weighted by Crippen LogP contribution is -2.45. The van der Waals surface area contributed by atoms with Crippen molar-refractivity contribution in [1.82, 2.24) is 5.32 Å². The normalized spacial score (nSPS) is 30.1. The van der Waals surface area contributed by atoms with Crippen LogP contribution in [-0.4, -0.2) is 24.5 Å². The van der Waals surface area contributed by atoms with E-state index in [-0.39, 0.29) is 24.5 Å². The van der Waals surface area contributed by atoms with Gasteiger partial charge in [0.2, 0.25) is 0 Å². The summed E-state index contributed by atoms with van der Waals surface area (Å²) in [5.41, 5.74) is 0. The Morgan fingerprint density at radius 1 is 1.05 bits per heavy atom. The topological polar surface area (TPSA) is 55.4 Å². The standard InChI is InChI=1S/C17H29NO3/c1-12-6-5-9-15(13(12)2)18-16(19)11-21-17(20)10-14-7-3-4-8-14/h12-15H,3-11H2,1-2H3,(H,18,19)/t12-,13+,15-/m1/s1. The number of hydrogen-bond donors (Lipinski definition) is 1. The molecule has 1 amide bonds. The number of hydrogen-bond acceptors (Lipinski definition) is 3. The fourth-order valence-electron chi connectivity index (χ4n) is 3.69. The van der Waals surface area contributed by atoms with E-state index in [0.717, 1.165) is 25.7 Å². The maximum Gasteiger partial charge on any atom is 0.306 e. The molecule has 2 aliphatic carbocycles. The minimum atomic E-state index is -0.220. The molecule has 0 aromatic rings. The zero-order valence-electron chi connectivity index (χ0n) is 13.4. The van der Waals surface area contributed by atoms with E-state index >= 15 is 0 Å². The van der Waals surface area contributed by atoms with Crippen LogP contribution in [-0.2, 0) is 14.3 Å². The fourth-order valence-corrected chi connectivity index (χ4v) is 3.69. The van der Waals surface area contributed by atoms with Crippen molar-refractivity contribution in [3.63, 3.8) is 0 Å². The lowest BCUT2D eigenvalue weighted by atomic mass is 9.78. The molecular formula is C17H29NO3. The molecule has 21 heavy (non-hydrogen) atoms. The fraction of sp³-hybridized carbons (Fsp3) is 0.882. The van der Waals surface area contributed by atoms with Crippen LogP contribution < -0.4 is 5.32 Å². The van der Waals surface area contributed by atoms with Crippen LogP contribution in [0.3, 0.4) is 0 Å².